The number of nitrogens with zero attached hydrogens (tertiary/aromatic N) is 2. The molecule has 0 bridgehead atoms. The number of carbonyl (C=O) groups is 1. The Bertz CT molecular complexity index is 715. The lowest BCUT2D eigenvalue weighted by Gasteiger charge is -2.26. The highest BCUT2D eigenvalue weighted by atomic mass is 79.9. The van der Waals surface area contributed by atoms with Gasteiger partial charge in [-0.15, -0.1) is 6.42 Å². The Balaban J connectivity index is 2.32. The lowest BCUT2D eigenvalue weighted by molar-refractivity contribution is 0.0724. The summed E-state index contributed by atoms with van der Waals surface area (Å²) in [6, 6.07) is 1.12. The maximum atomic E-state index is 12.6. The molecule has 5 nitrogen and oxygen atoms in total. The van der Waals surface area contributed by atoms with E-state index in [1.807, 2.05) is 0 Å². The minimum atomic E-state index is -3.11. The van der Waals surface area contributed by atoms with Gasteiger partial charge in [-0.3, -0.25) is 4.79 Å². The van der Waals surface area contributed by atoms with Crippen LogP contribution >= 0.6 is 27.5 Å². The third-order valence-corrected chi connectivity index (χ3v) is 5.69. The molecule has 1 unspecified atom stereocenters. The number of pyridine rings is 1. The SMILES string of the molecule is C#CCN(C(=O)c1cc(Br)cnc1Cl)C1CCS(=O)(=O)C1. The molecule has 1 fully saturated rings. The molecule has 1 aliphatic heterocycles. The number of hydrogen-bond acceptors (Lipinski definition) is 4. The maximum Gasteiger partial charge on any atom is 0.258 e. The van der Waals surface area contributed by atoms with Crippen LogP contribution < -0.4 is 0 Å². The third-order valence-electron chi connectivity index (χ3n) is 3.21. The highest BCUT2D eigenvalue weighted by Gasteiger charge is 2.35. The van der Waals surface area contributed by atoms with Gasteiger partial charge < -0.3 is 4.90 Å². The number of hydrogen-bond donors (Lipinski definition) is 0. The van der Waals surface area contributed by atoms with Gasteiger partial charge in [-0.05, 0) is 28.4 Å². The van der Waals surface area contributed by atoms with E-state index in [0.29, 0.717) is 10.9 Å². The second-order valence-corrected chi connectivity index (χ2v) is 8.19. The van der Waals surface area contributed by atoms with E-state index in [-0.39, 0.29) is 28.8 Å². The summed E-state index contributed by atoms with van der Waals surface area (Å²) in [5.74, 6) is 1.98. The van der Waals surface area contributed by atoms with Crippen molar-refractivity contribution in [2.45, 2.75) is 12.5 Å². The van der Waals surface area contributed by atoms with Gasteiger partial charge >= 0.3 is 0 Å². The Morgan fingerprint density at radius 2 is 2.33 bits per heavy atom. The van der Waals surface area contributed by atoms with Crippen LogP contribution in [0.15, 0.2) is 16.7 Å². The van der Waals surface area contributed by atoms with Crippen LogP contribution in [0.25, 0.3) is 0 Å². The summed E-state index contributed by atoms with van der Waals surface area (Å²) < 4.78 is 23.8. The van der Waals surface area contributed by atoms with E-state index in [2.05, 4.69) is 26.8 Å². The average molecular weight is 392 g/mol. The quantitative estimate of drug-likeness (QED) is 0.582. The summed E-state index contributed by atoms with van der Waals surface area (Å²) in [6.45, 7) is 0.0296. The topological polar surface area (TPSA) is 67.3 Å². The molecule has 0 aliphatic carbocycles. The zero-order valence-electron chi connectivity index (χ0n) is 10.9. The molecule has 1 aromatic heterocycles. The number of terminal acetylenes is 1. The van der Waals surface area contributed by atoms with Crippen LogP contribution in [0, 0.1) is 12.3 Å². The van der Waals surface area contributed by atoms with Crippen LogP contribution in [0.1, 0.15) is 16.8 Å². The minimum absolute atomic E-state index is 0.0296. The van der Waals surface area contributed by atoms with Gasteiger partial charge in [-0.1, -0.05) is 17.5 Å². The van der Waals surface area contributed by atoms with Gasteiger partial charge in [0.2, 0.25) is 0 Å². The lowest BCUT2D eigenvalue weighted by Crippen LogP contribution is -2.41. The predicted molar refractivity (Wildman–Crippen MR) is 83.9 cm³/mol. The van der Waals surface area contributed by atoms with E-state index in [4.69, 9.17) is 18.0 Å². The number of amides is 1. The van der Waals surface area contributed by atoms with Crippen molar-refractivity contribution in [1.82, 2.24) is 9.88 Å². The summed E-state index contributed by atoms with van der Waals surface area (Å²) in [5, 5.41) is 0.0612. The van der Waals surface area contributed by atoms with Crippen LogP contribution in [0.5, 0.6) is 0 Å². The van der Waals surface area contributed by atoms with Crippen LogP contribution in [0.3, 0.4) is 0 Å². The molecule has 1 amide bonds. The van der Waals surface area contributed by atoms with Crippen LogP contribution in [-0.4, -0.2) is 48.3 Å². The Morgan fingerprint density at radius 3 is 2.90 bits per heavy atom. The molecular formula is C13H12BrClN2O3S. The Morgan fingerprint density at radius 1 is 1.62 bits per heavy atom. The van der Waals surface area contributed by atoms with Gasteiger partial charge in [0.1, 0.15) is 5.15 Å². The first kappa shape index (κ1) is 16.3. The fourth-order valence-corrected chi connectivity index (χ4v) is 4.46. The zero-order chi connectivity index (χ0) is 15.6. The van der Waals surface area contributed by atoms with E-state index in [1.54, 1.807) is 6.07 Å². The van der Waals surface area contributed by atoms with E-state index >= 15 is 0 Å². The van der Waals surface area contributed by atoms with Crippen molar-refractivity contribution in [3.8, 4) is 12.3 Å². The van der Waals surface area contributed by atoms with Gasteiger partial charge in [0.15, 0.2) is 9.84 Å². The van der Waals surface area contributed by atoms with E-state index < -0.39 is 21.8 Å². The van der Waals surface area contributed by atoms with Gasteiger partial charge in [0.05, 0.1) is 23.6 Å². The second kappa shape index (κ2) is 6.34. The van der Waals surface area contributed by atoms with Crippen molar-refractivity contribution < 1.29 is 13.2 Å². The van der Waals surface area contributed by atoms with Crippen LogP contribution in [0.2, 0.25) is 5.15 Å². The number of carbonyl (C=O) groups excluding carboxylic acids is 1. The van der Waals surface area contributed by atoms with Crippen molar-refractivity contribution in [3.05, 3.63) is 27.5 Å². The largest absolute Gasteiger partial charge is 0.323 e. The highest BCUT2D eigenvalue weighted by molar-refractivity contribution is 9.10. The smallest absolute Gasteiger partial charge is 0.258 e. The van der Waals surface area contributed by atoms with E-state index in [1.165, 1.54) is 11.1 Å². The number of sulfone groups is 1. The van der Waals surface area contributed by atoms with Gasteiger partial charge in [-0.25, -0.2) is 13.4 Å². The standard InChI is InChI=1S/C13H12BrClN2O3S/c1-2-4-17(10-3-5-21(19,20)8-10)13(18)11-6-9(14)7-16-12(11)15/h1,6-7,10H,3-5,8H2. The van der Waals surface area contributed by atoms with Gasteiger partial charge in [0.25, 0.3) is 5.91 Å². The van der Waals surface area contributed by atoms with E-state index in [0.717, 1.165) is 0 Å². The molecule has 1 aliphatic rings. The molecule has 0 spiro atoms. The molecule has 0 saturated carbocycles. The van der Waals surface area contributed by atoms with Gasteiger partial charge in [-0.2, -0.15) is 0 Å². The normalized spacial score (nSPS) is 20.0. The molecule has 1 aromatic rings. The zero-order valence-corrected chi connectivity index (χ0v) is 14.1. The summed E-state index contributed by atoms with van der Waals surface area (Å²) in [6.07, 6.45) is 7.16. The first-order valence-corrected chi connectivity index (χ1v) is 9.09. The van der Waals surface area contributed by atoms with Crippen molar-refractivity contribution in [3.63, 3.8) is 0 Å². The summed E-state index contributed by atoms with van der Waals surface area (Å²) in [5.41, 5.74) is 0.200. The average Bonchev–Trinajstić information content (AvgIpc) is 2.78. The fraction of sp³-hybridized carbons (Fsp3) is 0.385. The summed E-state index contributed by atoms with van der Waals surface area (Å²) in [7, 11) is -3.11. The molecule has 112 valence electrons. The Hall–Kier alpha value is -1.10. The minimum Gasteiger partial charge on any atom is -0.323 e. The van der Waals surface area contributed by atoms with Crippen molar-refractivity contribution >= 4 is 43.3 Å². The molecule has 0 radical (unpaired) electrons. The fourth-order valence-electron chi connectivity index (χ4n) is 2.21. The molecule has 1 atom stereocenters. The van der Waals surface area contributed by atoms with Crippen LogP contribution in [-0.2, 0) is 9.84 Å². The van der Waals surface area contributed by atoms with Crippen molar-refractivity contribution in [2.75, 3.05) is 18.1 Å². The lowest BCUT2D eigenvalue weighted by atomic mass is 10.1. The molecular weight excluding hydrogens is 380 g/mol. The van der Waals surface area contributed by atoms with Crippen LogP contribution in [0.4, 0.5) is 0 Å². The predicted octanol–water partition coefficient (Wildman–Crippen LogP) is 1.76. The number of rotatable bonds is 3. The number of aromatic nitrogens is 1. The first-order chi connectivity index (χ1) is 9.84. The third kappa shape index (κ3) is 3.76. The molecule has 2 rings (SSSR count). The molecule has 8 heteroatoms. The second-order valence-electron chi connectivity index (χ2n) is 4.69. The molecule has 0 aromatic carbocycles. The maximum absolute atomic E-state index is 12.6. The Kier molecular flexibility index (Phi) is 4.91. The molecule has 0 N–H and O–H groups in total. The Labute approximate surface area is 136 Å². The summed E-state index contributed by atoms with van der Waals surface area (Å²) in [4.78, 5) is 17.9. The summed E-state index contributed by atoms with van der Waals surface area (Å²) >= 11 is 9.17. The van der Waals surface area contributed by atoms with E-state index in [9.17, 15) is 13.2 Å². The first-order valence-electron chi connectivity index (χ1n) is 6.10. The molecule has 1 saturated heterocycles. The van der Waals surface area contributed by atoms with Crippen molar-refractivity contribution in [2.24, 2.45) is 0 Å². The van der Waals surface area contributed by atoms with Crippen molar-refractivity contribution in [1.29, 1.82) is 0 Å². The molecule has 2 heterocycles. The van der Waals surface area contributed by atoms with Gasteiger partial charge in [0, 0.05) is 16.7 Å². The number of halogens is 2. The highest BCUT2D eigenvalue weighted by Crippen LogP contribution is 2.24. The molecule has 21 heavy (non-hydrogen) atoms. The monoisotopic (exact) mass is 390 g/mol.